The molecular weight excluding hydrogens is 261 g/mol. The van der Waals surface area contributed by atoms with Crippen molar-refractivity contribution in [2.45, 2.75) is 31.6 Å². The van der Waals surface area contributed by atoms with E-state index < -0.39 is 5.54 Å². The Morgan fingerprint density at radius 2 is 2.20 bits per heavy atom. The molecule has 108 valence electrons. The summed E-state index contributed by atoms with van der Waals surface area (Å²) in [6.07, 6.45) is -0.587. The first kappa shape index (κ1) is 13.5. The van der Waals surface area contributed by atoms with Crippen LogP contribution in [-0.4, -0.2) is 36.4 Å². The summed E-state index contributed by atoms with van der Waals surface area (Å²) in [5, 5.41) is 9.50. The molecule has 1 saturated heterocycles. The quantitative estimate of drug-likeness (QED) is 0.899. The lowest BCUT2D eigenvalue weighted by Crippen LogP contribution is -2.48. The maximum atomic E-state index is 14.2. The van der Waals surface area contributed by atoms with Gasteiger partial charge in [0.25, 0.3) is 0 Å². The van der Waals surface area contributed by atoms with E-state index in [-0.39, 0.29) is 30.5 Å². The summed E-state index contributed by atoms with van der Waals surface area (Å²) in [4.78, 5) is 4.55. The number of aliphatic hydroxyl groups excluding tert-OH is 1. The molecule has 0 unspecified atom stereocenters. The van der Waals surface area contributed by atoms with E-state index in [0.717, 1.165) is 0 Å². The molecule has 1 N–H and O–H groups in total. The fourth-order valence-corrected chi connectivity index (χ4v) is 3.42. The molecular formula is C15H18FNO3. The van der Waals surface area contributed by atoms with Gasteiger partial charge in [0.15, 0.2) is 5.90 Å². The highest BCUT2D eigenvalue weighted by atomic mass is 19.1. The number of rotatable bonds is 2. The van der Waals surface area contributed by atoms with Crippen LogP contribution in [0.3, 0.4) is 0 Å². The number of hydrogen-bond acceptors (Lipinski definition) is 4. The number of aliphatic hydroxyl groups is 1. The Morgan fingerprint density at radius 1 is 1.45 bits per heavy atom. The van der Waals surface area contributed by atoms with Gasteiger partial charge in [0, 0.05) is 12.5 Å². The average Bonchev–Trinajstić information content (AvgIpc) is 2.82. The van der Waals surface area contributed by atoms with Crippen molar-refractivity contribution in [1.29, 1.82) is 0 Å². The van der Waals surface area contributed by atoms with Crippen molar-refractivity contribution in [1.82, 2.24) is 0 Å². The van der Waals surface area contributed by atoms with Crippen molar-refractivity contribution < 1.29 is 19.0 Å². The van der Waals surface area contributed by atoms with Crippen LogP contribution in [-0.2, 0) is 15.0 Å². The molecule has 0 saturated carbocycles. The number of benzene rings is 1. The van der Waals surface area contributed by atoms with Crippen LogP contribution in [0.25, 0.3) is 0 Å². The maximum Gasteiger partial charge on any atom is 0.181 e. The zero-order valence-corrected chi connectivity index (χ0v) is 11.5. The molecule has 0 aliphatic carbocycles. The molecule has 4 atom stereocenters. The molecule has 20 heavy (non-hydrogen) atoms. The Kier molecular flexibility index (Phi) is 3.26. The van der Waals surface area contributed by atoms with E-state index >= 15 is 0 Å². The van der Waals surface area contributed by atoms with Crippen LogP contribution in [0.2, 0.25) is 0 Å². The molecule has 0 amide bonds. The molecule has 5 heteroatoms. The summed E-state index contributed by atoms with van der Waals surface area (Å²) in [7, 11) is 0. The lowest BCUT2D eigenvalue weighted by Gasteiger charge is -2.41. The van der Waals surface area contributed by atoms with Gasteiger partial charge in [0.1, 0.15) is 11.9 Å². The Morgan fingerprint density at radius 3 is 2.90 bits per heavy atom. The Hall–Kier alpha value is -1.46. The highest BCUT2D eigenvalue weighted by molar-refractivity contribution is 5.75. The van der Waals surface area contributed by atoms with Crippen LogP contribution in [0.1, 0.15) is 19.4 Å². The first-order chi connectivity index (χ1) is 9.56. The van der Waals surface area contributed by atoms with Gasteiger partial charge in [-0.05, 0) is 13.0 Å². The fraction of sp³-hybridized carbons (Fsp3) is 0.533. The molecule has 3 rings (SSSR count). The van der Waals surface area contributed by atoms with Gasteiger partial charge < -0.3 is 14.6 Å². The van der Waals surface area contributed by atoms with Crippen LogP contribution < -0.4 is 0 Å². The van der Waals surface area contributed by atoms with Crippen LogP contribution in [0.5, 0.6) is 0 Å². The number of aliphatic imine (C=N–C) groups is 1. The zero-order chi connectivity index (χ0) is 14.3. The van der Waals surface area contributed by atoms with Gasteiger partial charge in [-0.2, -0.15) is 0 Å². The van der Waals surface area contributed by atoms with Crippen molar-refractivity contribution in [3.63, 3.8) is 0 Å². The Balaban J connectivity index is 2.12. The lowest BCUT2D eigenvalue weighted by atomic mass is 9.74. The minimum Gasteiger partial charge on any atom is -0.475 e. The second kappa shape index (κ2) is 4.82. The van der Waals surface area contributed by atoms with Crippen molar-refractivity contribution in [3.8, 4) is 0 Å². The smallest absolute Gasteiger partial charge is 0.181 e. The largest absolute Gasteiger partial charge is 0.475 e. The third kappa shape index (κ3) is 1.93. The third-order valence-corrected chi connectivity index (χ3v) is 4.24. The maximum absolute atomic E-state index is 14.2. The van der Waals surface area contributed by atoms with E-state index in [1.807, 2.05) is 6.92 Å². The topological polar surface area (TPSA) is 51.1 Å². The predicted octanol–water partition coefficient (Wildman–Crippen LogP) is 1.87. The van der Waals surface area contributed by atoms with Crippen LogP contribution in [0.4, 0.5) is 4.39 Å². The van der Waals surface area contributed by atoms with Gasteiger partial charge in [-0.3, -0.25) is 0 Å². The summed E-state index contributed by atoms with van der Waals surface area (Å²) >= 11 is 0. The van der Waals surface area contributed by atoms with Gasteiger partial charge >= 0.3 is 0 Å². The number of hydrogen-bond donors (Lipinski definition) is 1. The van der Waals surface area contributed by atoms with E-state index in [1.54, 1.807) is 25.1 Å². The normalized spacial score (nSPS) is 36.2. The minimum atomic E-state index is -0.789. The number of nitrogens with zero attached hydrogens (tertiary/aromatic N) is 1. The Bertz CT molecular complexity index is 548. The standard InChI is InChI=1S/C15H18FNO3/c1-9-17-15(2,10-5-3-4-6-11(10)16)14-12(7-18)19-8-13(14)20-9/h3-6,12-14,18H,7-8H2,1-2H3/t12-,13+,14-,15+/m0/s1. The number of ether oxygens (including phenoxy) is 2. The molecule has 1 fully saturated rings. The highest BCUT2D eigenvalue weighted by Crippen LogP contribution is 2.46. The molecule has 2 aliphatic rings. The number of halogens is 1. The van der Waals surface area contributed by atoms with Gasteiger partial charge in [-0.25, -0.2) is 9.38 Å². The monoisotopic (exact) mass is 279 g/mol. The molecule has 2 aliphatic heterocycles. The fourth-order valence-electron chi connectivity index (χ4n) is 3.42. The summed E-state index contributed by atoms with van der Waals surface area (Å²) in [6.45, 7) is 3.92. The first-order valence-electron chi connectivity index (χ1n) is 6.77. The first-order valence-corrected chi connectivity index (χ1v) is 6.77. The van der Waals surface area contributed by atoms with Crippen molar-refractivity contribution >= 4 is 5.90 Å². The van der Waals surface area contributed by atoms with Gasteiger partial charge in [0.05, 0.1) is 30.8 Å². The molecule has 2 heterocycles. The lowest BCUT2D eigenvalue weighted by molar-refractivity contribution is 0.0169. The van der Waals surface area contributed by atoms with Crippen molar-refractivity contribution in [2.75, 3.05) is 13.2 Å². The van der Waals surface area contributed by atoms with E-state index in [4.69, 9.17) is 9.47 Å². The van der Waals surface area contributed by atoms with Gasteiger partial charge in [-0.1, -0.05) is 18.2 Å². The molecule has 0 aromatic heterocycles. The highest BCUT2D eigenvalue weighted by Gasteiger charge is 2.54. The summed E-state index contributed by atoms with van der Waals surface area (Å²) in [6, 6.07) is 6.62. The zero-order valence-electron chi connectivity index (χ0n) is 11.5. The second-order valence-electron chi connectivity index (χ2n) is 5.49. The van der Waals surface area contributed by atoms with Crippen molar-refractivity contribution in [3.05, 3.63) is 35.6 Å². The van der Waals surface area contributed by atoms with Crippen LogP contribution in [0.15, 0.2) is 29.3 Å². The van der Waals surface area contributed by atoms with Crippen molar-refractivity contribution in [2.24, 2.45) is 10.9 Å². The molecule has 0 bridgehead atoms. The summed E-state index contributed by atoms with van der Waals surface area (Å²) in [5.74, 6) is 0.0306. The van der Waals surface area contributed by atoms with E-state index in [9.17, 15) is 9.50 Å². The molecule has 1 aromatic rings. The number of fused-ring (bicyclic) bond motifs is 1. The van der Waals surface area contributed by atoms with Gasteiger partial charge in [0.2, 0.25) is 0 Å². The third-order valence-electron chi connectivity index (χ3n) is 4.24. The molecule has 4 nitrogen and oxygen atoms in total. The van der Waals surface area contributed by atoms with E-state index in [1.165, 1.54) is 6.07 Å². The van der Waals surface area contributed by atoms with Crippen LogP contribution >= 0.6 is 0 Å². The SMILES string of the molecule is CC1=N[C@](C)(c2ccccc2F)[C@H]2[C@H](CO)OC[C@H]2O1. The Labute approximate surface area is 117 Å². The summed E-state index contributed by atoms with van der Waals surface area (Å²) in [5.41, 5.74) is -0.274. The second-order valence-corrected chi connectivity index (χ2v) is 5.49. The summed E-state index contributed by atoms with van der Waals surface area (Å²) < 4.78 is 25.5. The average molecular weight is 279 g/mol. The molecule has 1 aromatic carbocycles. The van der Waals surface area contributed by atoms with E-state index in [0.29, 0.717) is 18.1 Å². The van der Waals surface area contributed by atoms with Crippen LogP contribution in [0, 0.1) is 11.7 Å². The van der Waals surface area contributed by atoms with E-state index in [2.05, 4.69) is 4.99 Å². The van der Waals surface area contributed by atoms with Gasteiger partial charge in [-0.15, -0.1) is 0 Å². The molecule has 0 spiro atoms. The molecule has 0 radical (unpaired) electrons. The minimum absolute atomic E-state index is 0.122. The predicted molar refractivity (Wildman–Crippen MR) is 72.0 cm³/mol.